The minimum atomic E-state index is 0.431. The van der Waals surface area contributed by atoms with Crippen molar-refractivity contribution >= 4 is 0 Å². The number of hydrogen-bond donors (Lipinski definition) is 2. The van der Waals surface area contributed by atoms with Gasteiger partial charge in [0.25, 0.3) is 0 Å². The fourth-order valence-electron chi connectivity index (χ4n) is 2.28. The highest BCUT2D eigenvalue weighted by Gasteiger charge is 2.30. The summed E-state index contributed by atoms with van der Waals surface area (Å²) in [7, 11) is 0. The predicted molar refractivity (Wildman–Crippen MR) is 47.9 cm³/mol. The first-order valence-corrected chi connectivity index (χ1v) is 4.94. The van der Waals surface area contributed by atoms with Crippen molar-refractivity contribution in [3.63, 3.8) is 0 Å². The Hall–Kier alpha value is -0.120. The van der Waals surface area contributed by atoms with Crippen LogP contribution in [-0.2, 0) is 4.74 Å². The third-order valence-electron chi connectivity index (χ3n) is 3.00. The van der Waals surface area contributed by atoms with Gasteiger partial charge in [-0.25, -0.2) is 0 Å². The lowest BCUT2D eigenvalue weighted by atomic mass is 10.00. The Kier molecular flexibility index (Phi) is 2.63. The Morgan fingerprint density at radius 2 is 2.25 bits per heavy atom. The van der Waals surface area contributed by atoms with Gasteiger partial charge in [-0.15, -0.1) is 0 Å². The summed E-state index contributed by atoms with van der Waals surface area (Å²) in [6, 6.07) is 0.431. The summed E-state index contributed by atoms with van der Waals surface area (Å²) in [6.45, 7) is 2.91. The first-order valence-electron chi connectivity index (χ1n) is 4.94. The van der Waals surface area contributed by atoms with E-state index in [-0.39, 0.29) is 0 Å². The molecule has 70 valence electrons. The van der Waals surface area contributed by atoms with Gasteiger partial charge in [-0.1, -0.05) is 0 Å². The van der Waals surface area contributed by atoms with E-state index >= 15 is 0 Å². The molecule has 3 atom stereocenters. The van der Waals surface area contributed by atoms with Crippen LogP contribution in [0.1, 0.15) is 19.3 Å². The largest absolute Gasteiger partial charge is 0.375 e. The molecule has 0 radical (unpaired) electrons. The fraction of sp³-hybridized carbons (Fsp3) is 1.00. The SMILES string of the molecule is NC1CCC(C2CNCCO2)C1. The van der Waals surface area contributed by atoms with Crippen molar-refractivity contribution in [2.45, 2.75) is 31.4 Å². The van der Waals surface area contributed by atoms with Crippen LogP contribution in [-0.4, -0.2) is 31.8 Å². The second-order valence-corrected chi connectivity index (χ2v) is 3.95. The Morgan fingerprint density at radius 1 is 1.33 bits per heavy atom. The standard InChI is InChI=1S/C9H18N2O/c10-8-2-1-7(5-8)9-6-11-3-4-12-9/h7-9,11H,1-6,10H2. The lowest BCUT2D eigenvalue weighted by molar-refractivity contribution is -0.00754. The summed E-state index contributed by atoms with van der Waals surface area (Å²) in [5.74, 6) is 0.716. The van der Waals surface area contributed by atoms with E-state index in [1.54, 1.807) is 0 Å². The van der Waals surface area contributed by atoms with Gasteiger partial charge in [0.2, 0.25) is 0 Å². The van der Waals surface area contributed by atoms with Crippen molar-refractivity contribution in [3.05, 3.63) is 0 Å². The zero-order chi connectivity index (χ0) is 8.39. The summed E-state index contributed by atoms with van der Waals surface area (Å²) in [4.78, 5) is 0. The molecule has 1 saturated heterocycles. The van der Waals surface area contributed by atoms with Gasteiger partial charge in [0.05, 0.1) is 12.7 Å². The number of nitrogens with two attached hydrogens (primary N) is 1. The Balaban J connectivity index is 1.83. The molecule has 2 fully saturated rings. The smallest absolute Gasteiger partial charge is 0.0728 e. The number of hydrogen-bond acceptors (Lipinski definition) is 3. The van der Waals surface area contributed by atoms with E-state index in [1.807, 2.05) is 0 Å². The lowest BCUT2D eigenvalue weighted by Gasteiger charge is -2.28. The van der Waals surface area contributed by atoms with Crippen molar-refractivity contribution in [3.8, 4) is 0 Å². The van der Waals surface area contributed by atoms with Crippen LogP contribution in [0.3, 0.4) is 0 Å². The maximum absolute atomic E-state index is 5.86. The van der Waals surface area contributed by atoms with Crippen LogP contribution in [0, 0.1) is 5.92 Å². The van der Waals surface area contributed by atoms with E-state index in [1.165, 1.54) is 12.8 Å². The highest BCUT2D eigenvalue weighted by atomic mass is 16.5. The molecule has 0 aromatic carbocycles. The summed E-state index contributed by atoms with van der Waals surface area (Å²) in [5, 5.41) is 3.36. The molecular weight excluding hydrogens is 152 g/mol. The van der Waals surface area contributed by atoms with Gasteiger partial charge >= 0.3 is 0 Å². The van der Waals surface area contributed by atoms with E-state index in [4.69, 9.17) is 10.5 Å². The molecule has 0 bridgehead atoms. The predicted octanol–water partition coefficient (Wildman–Crippen LogP) is 0.102. The molecule has 0 spiro atoms. The Labute approximate surface area is 73.7 Å². The van der Waals surface area contributed by atoms with Gasteiger partial charge < -0.3 is 15.8 Å². The molecule has 0 amide bonds. The van der Waals surface area contributed by atoms with Gasteiger partial charge in [-0.3, -0.25) is 0 Å². The molecule has 1 saturated carbocycles. The summed E-state index contributed by atoms with van der Waals surface area (Å²) < 4.78 is 5.69. The molecule has 0 aromatic heterocycles. The third-order valence-corrected chi connectivity index (χ3v) is 3.00. The molecule has 0 aromatic rings. The second kappa shape index (κ2) is 3.73. The maximum Gasteiger partial charge on any atom is 0.0728 e. The molecular formula is C9H18N2O. The van der Waals surface area contributed by atoms with Crippen LogP contribution >= 0.6 is 0 Å². The highest BCUT2D eigenvalue weighted by molar-refractivity contribution is 4.85. The third kappa shape index (κ3) is 1.79. The van der Waals surface area contributed by atoms with Crippen LogP contribution in [0.15, 0.2) is 0 Å². The van der Waals surface area contributed by atoms with E-state index in [2.05, 4.69) is 5.32 Å². The van der Waals surface area contributed by atoms with Crippen LogP contribution in [0.2, 0.25) is 0 Å². The molecule has 12 heavy (non-hydrogen) atoms. The molecule has 1 heterocycles. The molecule has 2 aliphatic rings. The van der Waals surface area contributed by atoms with Crippen molar-refractivity contribution in [2.75, 3.05) is 19.7 Å². The first-order chi connectivity index (χ1) is 5.86. The van der Waals surface area contributed by atoms with Crippen molar-refractivity contribution in [2.24, 2.45) is 11.7 Å². The van der Waals surface area contributed by atoms with E-state index in [9.17, 15) is 0 Å². The van der Waals surface area contributed by atoms with Crippen LogP contribution < -0.4 is 11.1 Å². The zero-order valence-corrected chi connectivity index (χ0v) is 7.46. The molecule has 3 heteroatoms. The highest BCUT2D eigenvalue weighted by Crippen LogP contribution is 2.28. The number of nitrogens with one attached hydrogen (secondary N) is 1. The monoisotopic (exact) mass is 170 g/mol. The number of rotatable bonds is 1. The van der Waals surface area contributed by atoms with Gasteiger partial charge in [0, 0.05) is 19.1 Å². The van der Waals surface area contributed by atoms with Crippen LogP contribution in [0.4, 0.5) is 0 Å². The molecule has 2 rings (SSSR count). The first kappa shape index (κ1) is 8.48. The van der Waals surface area contributed by atoms with Gasteiger partial charge in [0.1, 0.15) is 0 Å². The quantitative estimate of drug-likeness (QED) is 0.587. The van der Waals surface area contributed by atoms with Crippen molar-refractivity contribution in [1.82, 2.24) is 5.32 Å². The van der Waals surface area contributed by atoms with E-state index < -0.39 is 0 Å². The van der Waals surface area contributed by atoms with Gasteiger partial charge in [-0.2, -0.15) is 0 Å². The molecule has 1 aliphatic heterocycles. The topological polar surface area (TPSA) is 47.3 Å². The molecule has 3 N–H and O–H groups in total. The average Bonchev–Trinajstić information content (AvgIpc) is 2.54. The summed E-state index contributed by atoms with van der Waals surface area (Å²) in [6.07, 6.45) is 4.04. The summed E-state index contributed by atoms with van der Waals surface area (Å²) >= 11 is 0. The summed E-state index contributed by atoms with van der Waals surface area (Å²) in [5.41, 5.74) is 5.86. The maximum atomic E-state index is 5.86. The minimum Gasteiger partial charge on any atom is -0.375 e. The van der Waals surface area contributed by atoms with E-state index in [0.29, 0.717) is 18.1 Å². The zero-order valence-electron chi connectivity index (χ0n) is 7.46. The van der Waals surface area contributed by atoms with Crippen molar-refractivity contribution < 1.29 is 4.74 Å². The van der Waals surface area contributed by atoms with E-state index in [0.717, 1.165) is 26.1 Å². The second-order valence-electron chi connectivity index (χ2n) is 3.95. The van der Waals surface area contributed by atoms with Gasteiger partial charge in [0.15, 0.2) is 0 Å². The van der Waals surface area contributed by atoms with Crippen molar-refractivity contribution in [1.29, 1.82) is 0 Å². The van der Waals surface area contributed by atoms with Gasteiger partial charge in [-0.05, 0) is 25.2 Å². The normalized spacial score (nSPS) is 43.2. The molecule has 3 unspecified atom stereocenters. The average molecular weight is 170 g/mol. The Bertz CT molecular complexity index is 143. The van der Waals surface area contributed by atoms with Crippen LogP contribution in [0.5, 0.6) is 0 Å². The van der Waals surface area contributed by atoms with Crippen LogP contribution in [0.25, 0.3) is 0 Å². The Morgan fingerprint density at radius 3 is 2.83 bits per heavy atom. The minimum absolute atomic E-state index is 0.431. The fourth-order valence-corrected chi connectivity index (χ4v) is 2.28. The number of morpholine rings is 1. The number of ether oxygens (including phenoxy) is 1. The molecule has 3 nitrogen and oxygen atoms in total. The lowest BCUT2D eigenvalue weighted by Crippen LogP contribution is -2.42. The molecule has 1 aliphatic carbocycles.